The van der Waals surface area contributed by atoms with Gasteiger partial charge in [0.05, 0.1) is 16.2 Å². The fourth-order valence-electron chi connectivity index (χ4n) is 2.87. The van der Waals surface area contributed by atoms with Crippen LogP contribution in [0, 0.1) is 0 Å². The number of hydrazine groups is 1. The standard InChI is InChI=1S/C19H16N4O3S/c24-19-15-10-4-5-11-16(15)21-18(17-12-6-7-13-20-17)23(19)22-27(25,26)14-8-2-1-3-9-14/h1-13,18,21-22H/t18-/m1/s1. The van der Waals surface area contributed by atoms with Crippen molar-refractivity contribution in [3.63, 3.8) is 0 Å². The maximum absolute atomic E-state index is 13.0. The third kappa shape index (κ3) is 3.27. The number of amides is 1. The number of aromatic nitrogens is 1. The highest BCUT2D eigenvalue weighted by molar-refractivity contribution is 7.89. The third-order valence-corrected chi connectivity index (χ3v) is 5.50. The van der Waals surface area contributed by atoms with Crippen LogP contribution in [-0.4, -0.2) is 24.3 Å². The minimum absolute atomic E-state index is 0.0661. The van der Waals surface area contributed by atoms with Crippen LogP contribution in [0.4, 0.5) is 5.69 Å². The lowest BCUT2D eigenvalue weighted by Crippen LogP contribution is -2.52. The van der Waals surface area contributed by atoms with E-state index in [1.807, 2.05) is 0 Å². The second kappa shape index (κ2) is 6.82. The molecule has 3 aromatic rings. The van der Waals surface area contributed by atoms with Crippen molar-refractivity contribution in [2.75, 3.05) is 5.32 Å². The molecule has 7 nitrogen and oxygen atoms in total. The molecule has 2 N–H and O–H groups in total. The van der Waals surface area contributed by atoms with Crippen molar-refractivity contribution in [1.29, 1.82) is 0 Å². The maximum atomic E-state index is 13.0. The number of carbonyl (C=O) groups is 1. The van der Waals surface area contributed by atoms with Gasteiger partial charge in [-0.25, -0.2) is 13.4 Å². The van der Waals surface area contributed by atoms with E-state index >= 15 is 0 Å². The zero-order valence-corrected chi connectivity index (χ0v) is 14.9. The van der Waals surface area contributed by atoms with Crippen molar-refractivity contribution in [2.45, 2.75) is 11.1 Å². The van der Waals surface area contributed by atoms with Gasteiger partial charge in [0.25, 0.3) is 15.9 Å². The lowest BCUT2D eigenvalue weighted by atomic mass is 10.1. The van der Waals surface area contributed by atoms with Crippen LogP contribution < -0.4 is 10.1 Å². The Morgan fingerprint density at radius 3 is 2.37 bits per heavy atom. The molecule has 1 aliphatic heterocycles. The maximum Gasteiger partial charge on any atom is 0.273 e. The average Bonchev–Trinajstić information content (AvgIpc) is 2.71. The van der Waals surface area contributed by atoms with Crippen LogP contribution in [-0.2, 0) is 10.0 Å². The number of nitrogens with one attached hydrogen (secondary N) is 2. The van der Waals surface area contributed by atoms with E-state index in [0.29, 0.717) is 16.9 Å². The van der Waals surface area contributed by atoms with Gasteiger partial charge >= 0.3 is 0 Å². The van der Waals surface area contributed by atoms with Gasteiger partial charge in [-0.3, -0.25) is 9.78 Å². The van der Waals surface area contributed by atoms with Crippen LogP contribution in [0.2, 0.25) is 0 Å². The summed E-state index contributed by atoms with van der Waals surface area (Å²) in [5.41, 5.74) is 1.50. The fourth-order valence-corrected chi connectivity index (χ4v) is 3.94. The van der Waals surface area contributed by atoms with E-state index in [1.54, 1.807) is 66.9 Å². The highest BCUT2D eigenvalue weighted by Crippen LogP contribution is 2.31. The van der Waals surface area contributed by atoms with Gasteiger partial charge in [0.2, 0.25) is 0 Å². The first-order valence-corrected chi connectivity index (χ1v) is 9.72. The van der Waals surface area contributed by atoms with Gasteiger partial charge in [-0.1, -0.05) is 36.4 Å². The van der Waals surface area contributed by atoms with Crippen LogP contribution in [0.1, 0.15) is 22.2 Å². The molecule has 1 atom stereocenters. The van der Waals surface area contributed by atoms with Crippen LogP contribution in [0.25, 0.3) is 0 Å². The highest BCUT2D eigenvalue weighted by atomic mass is 32.2. The molecular weight excluding hydrogens is 364 g/mol. The van der Waals surface area contributed by atoms with Gasteiger partial charge < -0.3 is 5.32 Å². The number of carbonyl (C=O) groups excluding carboxylic acids is 1. The van der Waals surface area contributed by atoms with Gasteiger partial charge in [-0.15, -0.1) is 4.83 Å². The normalized spacial score (nSPS) is 16.5. The second-order valence-corrected chi connectivity index (χ2v) is 7.59. The molecule has 0 fully saturated rings. The molecule has 27 heavy (non-hydrogen) atoms. The van der Waals surface area contributed by atoms with Gasteiger partial charge in [-0.2, -0.15) is 0 Å². The first-order chi connectivity index (χ1) is 13.1. The Morgan fingerprint density at radius 1 is 0.926 bits per heavy atom. The summed E-state index contributed by atoms with van der Waals surface area (Å²) in [6.45, 7) is 0. The number of rotatable bonds is 4. The molecule has 0 radical (unpaired) electrons. The third-order valence-electron chi connectivity index (χ3n) is 4.17. The minimum atomic E-state index is -3.95. The largest absolute Gasteiger partial charge is 0.358 e. The summed E-state index contributed by atoms with van der Waals surface area (Å²) >= 11 is 0. The molecule has 4 rings (SSSR count). The van der Waals surface area contributed by atoms with Crippen LogP contribution in [0.3, 0.4) is 0 Å². The molecule has 0 spiro atoms. The number of pyridine rings is 1. The zero-order valence-electron chi connectivity index (χ0n) is 14.1. The van der Waals surface area contributed by atoms with Gasteiger partial charge in [0.1, 0.15) is 0 Å². The Hall–Kier alpha value is -3.23. The zero-order chi connectivity index (χ0) is 18.9. The van der Waals surface area contributed by atoms with E-state index in [0.717, 1.165) is 5.01 Å². The van der Waals surface area contributed by atoms with Crippen LogP contribution in [0.15, 0.2) is 83.9 Å². The summed E-state index contributed by atoms with van der Waals surface area (Å²) in [6, 6.07) is 20.1. The molecule has 1 aromatic heterocycles. The lowest BCUT2D eigenvalue weighted by molar-refractivity contribution is 0.0628. The first-order valence-electron chi connectivity index (χ1n) is 8.24. The number of hydrogen-bond acceptors (Lipinski definition) is 5. The number of fused-ring (bicyclic) bond motifs is 1. The summed E-state index contributed by atoms with van der Waals surface area (Å²) in [6.07, 6.45) is 0.804. The molecule has 0 unspecified atom stereocenters. The van der Waals surface area contributed by atoms with E-state index in [-0.39, 0.29) is 4.90 Å². The van der Waals surface area contributed by atoms with Crippen molar-refractivity contribution in [3.05, 3.63) is 90.3 Å². The number of anilines is 1. The number of sulfonamides is 1. The molecule has 0 aliphatic carbocycles. The van der Waals surface area contributed by atoms with Crippen molar-refractivity contribution < 1.29 is 13.2 Å². The van der Waals surface area contributed by atoms with Crippen molar-refractivity contribution >= 4 is 21.6 Å². The fraction of sp³-hybridized carbons (Fsp3) is 0.0526. The van der Waals surface area contributed by atoms with Crippen molar-refractivity contribution in [2.24, 2.45) is 0 Å². The lowest BCUT2D eigenvalue weighted by Gasteiger charge is -2.36. The molecule has 0 bridgehead atoms. The molecule has 1 aliphatic rings. The Kier molecular flexibility index (Phi) is 4.35. The Morgan fingerprint density at radius 2 is 1.63 bits per heavy atom. The van der Waals surface area contributed by atoms with Crippen molar-refractivity contribution in [3.8, 4) is 0 Å². The number of para-hydroxylation sites is 1. The van der Waals surface area contributed by atoms with Gasteiger partial charge in [-0.05, 0) is 36.4 Å². The molecule has 1 amide bonds. The van der Waals surface area contributed by atoms with Gasteiger partial charge in [0.15, 0.2) is 6.17 Å². The predicted molar refractivity (Wildman–Crippen MR) is 100.0 cm³/mol. The number of benzene rings is 2. The summed E-state index contributed by atoms with van der Waals surface area (Å²) in [5.74, 6) is -0.459. The minimum Gasteiger partial charge on any atom is -0.358 e. The average molecular weight is 380 g/mol. The molecule has 2 aromatic carbocycles. The molecule has 136 valence electrons. The summed E-state index contributed by atoms with van der Waals surface area (Å²) < 4.78 is 25.6. The van der Waals surface area contributed by atoms with Crippen LogP contribution in [0.5, 0.6) is 0 Å². The summed E-state index contributed by atoms with van der Waals surface area (Å²) in [4.78, 5) is 19.8. The quantitative estimate of drug-likeness (QED) is 0.726. The van der Waals surface area contributed by atoms with Crippen LogP contribution >= 0.6 is 0 Å². The van der Waals surface area contributed by atoms with Crippen molar-refractivity contribution in [1.82, 2.24) is 14.8 Å². The smallest absolute Gasteiger partial charge is 0.273 e. The Labute approximate surface area is 156 Å². The molecule has 8 heteroatoms. The second-order valence-electron chi connectivity index (χ2n) is 5.93. The topological polar surface area (TPSA) is 91.4 Å². The predicted octanol–water partition coefficient (Wildman–Crippen LogP) is 2.54. The first kappa shape index (κ1) is 17.2. The number of hydrogen-bond donors (Lipinski definition) is 2. The Balaban J connectivity index is 1.77. The monoisotopic (exact) mass is 380 g/mol. The van der Waals surface area contributed by atoms with E-state index < -0.39 is 22.1 Å². The molecule has 0 saturated heterocycles. The van der Waals surface area contributed by atoms with E-state index in [9.17, 15) is 13.2 Å². The SMILES string of the molecule is O=C1c2ccccc2N[C@@H](c2ccccn2)N1NS(=O)(=O)c1ccccc1. The Bertz CT molecular complexity index is 1070. The number of nitrogens with zero attached hydrogens (tertiary/aromatic N) is 2. The van der Waals surface area contributed by atoms with E-state index in [1.165, 1.54) is 12.1 Å². The highest BCUT2D eigenvalue weighted by Gasteiger charge is 2.36. The molecule has 0 saturated carbocycles. The van der Waals surface area contributed by atoms with E-state index in [4.69, 9.17) is 0 Å². The molecule has 2 heterocycles. The summed E-state index contributed by atoms with van der Waals surface area (Å²) in [7, 11) is -3.95. The van der Waals surface area contributed by atoms with Gasteiger partial charge in [0, 0.05) is 11.9 Å². The summed E-state index contributed by atoms with van der Waals surface area (Å²) in [5, 5.41) is 4.25. The van der Waals surface area contributed by atoms with E-state index in [2.05, 4.69) is 15.1 Å². The molecular formula is C19H16N4O3S.